The van der Waals surface area contributed by atoms with Crippen LogP contribution in [0.5, 0.6) is 0 Å². The molecule has 118 valence electrons. The smallest absolute Gasteiger partial charge is 0.321 e. The second kappa shape index (κ2) is 7.72. The number of likely N-dealkylation sites (tertiary alicyclic amines) is 1. The molecular weight excluding hydrogens is 288 g/mol. The quantitative estimate of drug-likeness (QED) is 0.775. The maximum Gasteiger partial charge on any atom is 0.321 e. The predicted molar refractivity (Wildman–Crippen MR) is 84.8 cm³/mol. The number of hydrogen-bond acceptors (Lipinski definition) is 5. The van der Waals surface area contributed by atoms with E-state index in [2.05, 4.69) is 20.5 Å². The molecule has 1 aliphatic heterocycles. The molecule has 0 radical (unpaired) electrons. The fourth-order valence-electron chi connectivity index (χ4n) is 2.42. The SMILES string of the molecule is CCC(O)CN1CCC(NC(=O)Nc2nc(C)cs2)CC1. The van der Waals surface area contributed by atoms with E-state index in [0.29, 0.717) is 5.13 Å². The number of amides is 2. The molecule has 7 heteroatoms. The number of urea groups is 1. The Hall–Kier alpha value is -1.18. The minimum absolute atomic E-state index is 0.184. The van der Waals surface area contributed by atoms with Crippen molar-refractivity contribution in [2.75, 3.05) is 25.0 Å². The van der Waals surface area contributed by atoms with Crippen LogP contribution in [0, 0.1) is 6.92 Å². The molecule has 0 saturated carbocycles. The molecule has 1 saturated heterocycles. The van der Waals surface area contributed by atoms with Crippen LogP contribution in [0.15, 0.2) is 5.38 Å². The van der Waals surface area contributed by atoms with Gasteiger partial charge in [-0.2, -0.15) is 0 Å². The largest absolute Gasteiger partial charge is 0.392 e. The number of hydrogen-bond donors (Lipinski definition) is 3. The molecule has 1 fully saturated rings. The monoisotopic (exact) mass is 312 g/mol. The van der Waals surface area contributed by atoms with Crippen molar-refractivity contribution in [3.63, 3.8) is 0 Å². The van der Waals surface area contributed by atoms with Gasteiger partial charge < -0.3 is 15.3 Å². The fourth-order valence-corrected chi connectivity index (χ4v) is 3.10. The van der Waals surface area contributed by atoms with E-state index in [1.807, 2.05) is 19.2 Å². The van der Waals surface area contributed by atoms with Gasteiger partial charge in [0.05, 0.1) is 11.8 Å². The van der Waals surface area contributed by atoms with Gasteiger partial charge in [-0.25, -0.2) is 9.78 Å². The molecule has 1 aliphatic rings. The van der Waals surface area contributed by atoms with Gasteiger partial charge in [0.1, 0.15) is 0 Å². The van der Waals surface area contributed by atoms with Crippen LogP contribution in [-0.4, -0.2) is 52.8 Å². The van der Waals surface area contributed by atoms with Gasteiger partial charge in [-0.3, -0.25) is 5.32 Å². The Kier molecular flexibility index (Phi) is 5.96. The summed E-state index contributed by atoms with van der Waals surface area (Å²) in [5, 5.41) is 18.0. The summed E-state index contributed by atoms with van der Waals surface area (Å²) in [7, 11) is 0. The number of anilines is 1. The predicted octanol–water partition coefficient (Wildman–Crippen LogP) is 1.81. The summed E-state index contributed by atoms with van der Waals surface area (Å²) < 4.78 is 0. The van der Waals surface area contributed by atoms with Crippen LogP contribution in [0.4, 0.5) is 9.93 Å². The average molecular weight is 312 g/mol. The van der Waals surface area contributed by atoms with Crippen LogP contribution in [0.2, 0.25) is 0 Å². The lowest BCUT2D eigenvalue weighted by atomic mass is 10.0. The van der Waals surface area contributed by atoms with Crippen LogP contribution < -0.4 is 10.6 Å². The summed E-state index contributed by atoms with van der Waals surface area (Å²) in [6.07, 6.45) is 2.38. The van der Waals surface area contributed by atoms with Gasteiger partial charge >= 0.3 is 6.03 Å². The van der Waals surface area contributed by atoms with E-state index >= 15 is 0 Å². The lowest BCUT2D eigenvalue weighted by molar-refractivity contribution is 0.0925. The van der Waals surface area contributed by atoms with E-state index in [4.69, 9.17) is 0 Å². The molecule has 0 spiro atoms. The molecule has 1 unspecified atom stereocenters. The highest BCUT2D eigenvalue weighted by Gasteiger charge is 2.22. The molecule has 21 heavy (non-hydrogen) atoms. The molecule has 1 aromatic rings. The summed E-state index contributed by atoms with van der Waals surface area (Å²) in [5.74, 6) is 0. The van der Waals surface area contributed by atoms with E-state index < -0.39 is 0 Å². The Morgan fingerprint density at radius 1 is 1.57 bits per heavy atom. The molecule has 1 atom stereocenters. The molecule has 2 rings (SSSR count). The third-order valence-corrected chi connectivity index (χ3v) is 4.58. The Bertz CT molecular complexity index is 458. The molecule has 6 nitrogen and oxygen atoms in total. The number of aryl methyl sites for hydroxylation is 1. The molecular formula is C14H24N4O2S. The van der Waals surface area contributed by atoms with Crippen molar-refractivity contribution in [3.05, 3.63) is 11.1 Å². The minimum Gasteiger partial charge on any atom is -0.392 e. The van der Waals surface area contributed by atoms with Crippen molar-refractivity contribution in [1.29, 1.82) is 0 Å². The average Bonchev–Trinajstić information content (AvgIpc) is 2.86. The zero-order chi connectivity index (χ0) is 15.2. The van der Waals surface area contributed by atoms with E-state index in [0.717, 1.165) is 44.6 Å². The molecule has 0 aromatic carbocycles. The first-order valence-electron chi connectivity index (χ1n) is 7.47. The van der Waals surface area contributed by atoms with Gasteiger partial charge in [-0.1, -0.05) is 6.92 Å². The number of nitrogens with one attached hydrogen (secondary N) is 2. The molecule has 2 heterocycles. The van der Waals surface area contributed by atoms with E-state index in [9.17, 15) is 9.90 Å². The number of piperidine rings is 1. The maximum atomic E-state index is 11.9. The zero-order valence-electron chi connectivity index (χ0n) is 12.6. The summed E-state index contributed by atoms with van der Waals surface area (Å²) >= 11 is 1.43. The number of carbonyl (C=O) groups is 1. The van der Waals surface area contributed by atoms with E-state index in [1.165, 1.54) is 11.3 Å². The van der Waals surface area contributed by atoms with Gasteiger partial charge in [0.25, 0.3) is 0 Å². The summed E-state index contributed by atoms with van der Waals surface area (Å²) in [4.78, 5) is 18.4. The second-order valence-electron chi connectivity index (χ2n) is 5.53. The Morgan fingerprint density at radius 2 is 2.29 bits per heavy atom. The van der Waals surface area contributed by atoms with Crippen LogP contribution in [0.1, 0.15) is 31.9 Å². The molecule has 1 aromatic heterocycles. The van der Waals surface area contributed by atoms with E-state index in [1.54, 1.807) is 0 Å². The van der Waals surface area contributed by atoms with Gasteiger partial charge in [-0.05, 0) is 26.2 Å². The highest BCUT2D eigenvalue weighted by molar-refractivity contribution is 7.13. The maximum absolute atomic E-state index is 11.9. The second-order valence-corrected chi connectivity index (χ2v) is 6.39. The number of rotatable bonds is 5. The fraction of sp³-hybridized carbons (Fsp3) is 0.714. The number of carbonyl (C=O) groups excluding carboxylic acids is 1. The van der Waals surface area contributed by atoms with Crippen molar-refractivity contribution in [1.82, 2.24) is 15.2 Å². The number of aliphatic hydroxyl groups excluding tert-OH is 1. The highest BCUT2D eigenvalue weighted by atomic mass is 32.1. The number of thiazole rings is 1. The van der Waals surface area contributed by atoms with Crippen molar-refractivity contribution in [3.8, 4) is 0 Å². The van der Waals surface area contributed by atoms with Crippen molar-refractivity contribution < 1.29 is 9.90 Å². The first kappa shape index (κ1) is 16.2. The number of aliphatic hydroxyl groups is 1. The molecule has 3 N–H and O–H groups in total. The van der Waals surface area contributed by atoms with Gasteiger partial charge in [0, 0.05) is 31.1 Å². The van der Waals surface area contributed by atoms with Gasteiger partial charge in [-0.15, -0.1) is 11.3 Å². The molecule has 0 bridgehead atoms. The third kappa shape index (κ3) is 5.26. The summed E-state index contributed by atoms with van der Waals surface area (Å²) in [5.41, 5.74) is 0.915. The Balaban J connectivity index is 1.69. The Labute approximate surface area is 129 Å². The zero-order valence-corrected chi connectivity index (χ0v) is 13.4. The lowest BCUT2D eigenvalue weighted by Crippen LogP contribution is -2.47. The van der Waals surface area contributed by atoms with Crippen LogP contribution in [0.25, 0.3) is 0 Å². The Morgan fingerprint density at radius 3 is 2.86 bits per heavy atom. The van der Waals surface area contributed by atoms with Crippen LogP contribution in [-0.2, 0) is 0 Å². The van der Waals surface area contributed by atoms with Crippen LogP contribution >= 0.6 is 11.3 Å². The van der Waals surface area contributed by atoms with Gasteiger partial charge in [0.2, 0.25) is 0 Å². The summed E-state index contributed by atoms with van der Waals surface area (Å²) in [6, 6.07) is 0.0115. The minimum atomic E-state index is -0.244. The van der Waals surface area contributed by atoms with Crippen LogP contribution in [0.3, 0.4) is 0 Å². The molecule has 0 aliphatic carbocycles. The van der Waals surface area contributed by atoms with Crippen molar-refractivity contribution >= 4 is 22.5 Å². The number of nitrogens with zero attached hydrogens (tertiary/aromatic N) is 2. The van der Waals surface area contributed by atoms with E-state index in [-0.39, 0.29) is 18.2 Å². The van der Waals surface area contributed by atoms with Gasteiger partial charge in [0.15, 0.2) is 5.13 Å². The normalized spacial score (nSPS) is 18.4. The topological polar surface area (TPSA) is 77.5 Å². The molecule has 2 amide bonds. The standard InChI is InChI=1S/C14H24N4O2S/c1-3-12(19)8-18-6-4-11(5-7-18)16-13(20)17-14-15-10(2)9-21-14/h9,11-12,19H,3-8H2,1-2H3,(H2,15,16,17,20). The summed E-state index contributed by atoms with van der Waals surface area (Å²) in [6.45, 7) is 6.45. The highest BCUT2D eigenvalue weighted by Crippen LogP contribution is 2.15. The van der Waals surface area contributed by atoms with Crippen molar-refractivity contribution in [2.24, 2.45) is 0 Å². The lowest BCUT2D eigenvalue weighted by Gasteiger charge is -2.33. The number of β-amino-alcohol motifs (C(OH)–C–C–N with tert-alkyl or cyclic N) is 1. The first-order valence-corrected chi connectivity index (χ1v) is 8.35. The third-order valence-electron chi connectivity index (χ3n) is 3.70. The van der Waals surface area contributed by atoms with Crippen molar-refractivity contribution in [2.45, 2.75) is 45.3 Å². The first-order chi connectivity index (χ1) is 10.1. The number of aromatic nitrogens is 1.